The van der Waals surface area contributed by atoms with Crippen LogP contribution in [0, 0.1) is 12.7 Å². The van der Waals surface area contributed by atoms with Crippen molar-refractivity contribution < 1.29 is 9.60 Å². The van der Waals surface area contributed by atoms with E-state index in [1.165, 1.54) is 16.5 Å². The van der Waals surface area contributed by atoms with Crippen LogP contribution in [0.5, 0.6) is 0 Å². The van der Waals surface area contributed by atoms with Crippen molar-refractivity contribution in [3.8, 4) is 0 Å². The van der Waals surface area contributed by atoms with E-state index < -0.39 is 0 Å². The first-order valence-electron chi connectivity index (χ1n) is 6.12. The molecule has 20 heavy (non-hydrogen) atoms. The first-order chi connectivity index (χ1) is 9.61. The third kappa shape index (κ3) is 3.34. The Bertz CT molecular complexity index is 625. The molecule has 106 valence electrons. The van der Waals surface area contributed by atoms with Gasteiger partial charge in [-0.1, -0.05) is 17.3 Å². The van der Waals surface area contributed by atoms with E-state index in [1.54, 1.807) is 23.5 Å². The second-order valence-corrected chi connectivity index (χ2v) is 5.42. The lowest BCUT2D eigenvalue weighted by molar-refractivity contribution is 0.318. The number of rotatable bonds is 5. The van der Waals surface area contributed by atoms with Gasteiger partial charge < -0.3 is 16.3 Å². The zero-order chi connectivity index (χ0) is 14.5. The summed E-state index contributed by atoms with van der Waals surface area (Å²) in [6.45, 7) is 3.20. The number of nitrogens with zero attached hydrogens (tertiary/aromatic N) is 1. The first-order valence-corrected chi connectivity index (χ1v) is 6.99. The van der Waals surface area contributed by atoms with Crippen molar-refractivity contribution in [1.82, 2.24) is 5.32 Å². The Labute approximate surface area is 120 Å². The Kier molecular flexibility index (Phi) is 4.70. The molecule has 6 heteroatoms. The van der Waals surface area contributed by atoms with Crippen LogP contribution in [0.4, 0.5) is 4.39 Å². The molecule has 4 N–H and O–H groups in total. The summed E-state index contributed by atoms with van der Waals surface area (Å²) < 4.78 is 13.9. The Morgan fingerprint density at radius 1 is 1.40 bits per heavy atom. The second kappa shape index (κ2) is 6.49. The number of thiophene rings is 1. The fourth-order valence-corrected chi connectivity index (χ4v) is 2.68. The fourth-order valence-electron chi connectivity index (χ4n) is 1.80. The molecule has 0 radical (unpaired) electrons. The van der Waals surface area contributed by atoms with Gasteiger partial charge in [0.15, 0.2) is 5.84 Å². The number of nitrogens with one attached hydrogen (secondary N) is 1. The zero-order valence-corrected chi connectivity index (χ0v) is 11.9. The summed E-state index contributed by atoms with van der Waals surface area (Å²) in [6, 6.07) is 6.60. The predicted molar refractivity (Wildman–Crippen MR) is 78.5 cm³/mol. The smallest absolute Gasteiger partial charge is 0.170 e. The van der Waals surface area contributed by atoms with Crippen LogP contribution < -0.4 is 11.1 Å². The molecule has 1 aromatic carbocycles. The first kappa shape index (κ1) is 14.5. The maximum atomic E-state index is 13.9. The van der Waals surface area contributed by atoms with Crippen LogP contribution in [0.15, 0.2) is 34.8 Å². The van der Waals surface area contributed by atoms with Crippen molar-refractivity contribution >= 4 is 17.2 Å². The molecule has 0 saturated carbocycles. The van der Waals surface area contributed by atoms with Gasteiger partial charge in [0.1, 0.15) is 5.82 Å². The summed E-state index contributed by atoms with van der Waals surface area (Å²) in [4.78, 5) is 1.25. The second-order valence-electron chi connectivity index (χ2n) is 4.42. The van der Waals surface area contributed by atoms with Gasteiger partial charge in [0.2, 0.25) is 0 Å². The van der Waals surface area contributed by atoms with Crippen LogP contribution in [0.2, 0.25) is 0 Å². The SMILES string of the molecule is Cc1ccsc1CNCc1ccc(/C(N)=N/O)cc1F. The van der Waals surface area contributed by atoms with Crippen molar-refractivity contribution in [2.75, 3.05) is 0 Å². The number of amidine groups is 1. The quantitative estimate of drug-likeness (QED) is 0.343. The molecular weight excluding hydrogens is 277 g/mol. The number of halogens is 1. The molecule has 0 aliphatic rings. The summed E-state index contributed by atoms with van der Waals surface area (Å²) in [5.41, 5.74) is 7.57. The third-order valence-corrected chi connectivity index (χ3v) is 4.05. The lowest BCUT2D eigenvalue weighted by atomic mass is 10.1. The molecule has 1 heterocycles. The molecule has 2 rings (SSSR count). The molecule has 1 aromatic heterocycles. The standard InChI is InChI=1S/C14H16FN3OS/c1-9-4-5-20-13(9)8-17-7-11-3-2-10(6-12(11)15)14(16)18-19/h2-6,17,19H,7-8H2,1H3,(H2,16,18). The number of benzene rings is 1. The van der Waals surface area contributed by atoms with E-state index in [-0.39, 0.29) is 11.7 Å². The van der Waals surface area contributed by atoms with Gasteiger partial charge in [-0.25, -0.2) is 4.39 Å². The van der Waals surface area contributed by atoms with E-state index in [9.17, 15) is 4.39 Å². The predicted octanol–water partition coefficient (Wildman–Crippen LogP) is 2.58. The molecular formula is C14H16FN3OS. The molecule has 0 spiro atoms. The van der Waals surface area contributed by atoms with Crippen molar-refractivity contribution in [2.45, 2.75) is 20.0 Å². The Balaban J connectivity index is 1.98. The van der Waals surface area contributed by atoms with Gasteiger partial charge in [-0.15, -0.1) is 11.3 Å². The van der Waals surface area contributed by atoms with Gasteiger partial charge in [-0.05, 0) is 30.0 Å². The van der Waals surface area contributed by atoms with Gasteiger partial charge in [0.05, 0.1) is 0 Å². The largest absolute Gasteiger partial charge is 0.409 e. The number of hydrogen-bond donors (Lipinski definition) is 3. The Morgan fingerprint density at radius 2 is 2.20 bits per heavy atom. The summed E-state index contributed by atoms with van der Waals surface area (Å²) in [7, 11) is 0. The number of aryl methyl sites for hydroxylation is 1. The van der Waals surface area contributed by atoms with Gasteiger partial charge >= 0.3 is 0 Å². The zero-order valence-electron chi connectivity index (χ0n) is 11.1. The highest BCUT2D eigenvalue weighted by Crippen LogP contribution is 2.16. The summed E-state index contributed by atoms with van der Waals surface area (Å²) in [5.74, 6) is -0.470. The highest BCUT2D eigenvalue weighted by molar-refractivity contribution is 7.10. The van der Waals surface area contributed by atoms with E-state index in [0.29, 0.717) is 24.2 Å². The van der Waals surface area contributed by atoms with Crippen LogP contribution in [-0.4, -0.2) is 11.0 Å². The van der Waals surface area contributed by atoms with Gasteiger partial charge in [0, 0.05) is 29.1 Å². The van der Waals surface area contributed by atoms with Gasteiger partial charge in [-0.2, -0.15) is 0 Å². The van der Waals surface area contributed by atoms with Gasteiger partial charge in [-0.3, -0.25) is 0 Å². The number of nitrogens with two attached hydrogens (primary N) is 1. The van der Waals surface area contributed by atoms with E-state index in [2.05, 4.69) is 23.5 Å². The van der Waals surface area contributed by atoms with Crippen molar-refractivity contribution in [1.29, 1.82) is 0 Å². The molecule has 0 unspecified atom stereocenters. The van der Waals surface area contributed by atoms with Crippen LogP contribution in [0.3, 0.4) is 0 Å². The third-order valence-electron chi connectivity index (χ3n) is 3.03. The number of oxime groups is 1. The van der Waals surface area contributed by atoms with E-state index in [0.717, 1.165) is 0 Å². The van der Waals surface area contributed by atoms with Crippen LogP contribution in [-0.2, 0) is 13.1 Å². The van der Waals surface area contributed by atoms with E-state index in [1.807, 2.05) is 5.38 Å². The Morgan fingerprint density at radius 3 is 2.80 bits per heavy atom. The molecule has 0 fully saturated rings. The number of hydrogen-bond acceptors (Lipinski definition) is 4. The molecule has 0 amide bonds. The summed E-state index contributed by atoms with van der Waals surface area (Å²) >= 11 is 1.68. The minimum Gasteiger partial charge on any atom is -0.409 e. The average Bonchev–Trinajstić information content (AvgIpc) is 2.85. The summed E-state index contributed by atoms with van der Waals surface area (Å²) in [6.07, 6.45) is 0. The topological polar surface area (TPSA) is 70.6 Å². The average molecular weight is 293 g/mol. The molecule has 0 atom stereocenters. The highest BCUT2D eigenvalue weighted by atomic mass is 32.1. The lowest BCUT2D eigenvalue weighted by Crippen LogP contribution is -2.16. The monoisotopic (exact) mass is 293 g/mol. The Hall–Kier alpha value is -1.92. The van der Waals surface area contributed by atoms with E-state index in [4.69, 9.17) is 10.9 Å². The van der Waals surface area contributed by atoms with E-state index >= 15 is 0 Å². The molecule has 2 aromatic rings. The summed E-state index contributed by atoms with van der Waals surface area (Å²) in [5, 5.41) is 16.6. The van der Waals surface area contributed by atoms with Crippen molar-refractivity contribution in [3.05, 3.63) is 57.0 Å². The van der Waals surface area contributed by atoms with Gasteiger partial charge in [0.25, 0.3) is 0 Å². The lowest BCUT2D eigenvalue weighted by Gasteiger charge is -2.07. The molecule has 0 aliphatic heterocycles. The maximum Gasteiger partial charge on any atom is 0.170 e. The fraction of sp³-hybridized carbons (Fsp3) is 0.214. The highest BCUT2D eigenvalue weighted by Gasteiger charge is 2.07. The van der Waals surface area contributed by atoms with Crippen molar-refractivity contribution in [3.63, 3.8) is 0 Å². The molecule has 0 bridgehead atoms. The van der Waals surface area contributed by atoms with Crippen LogP contribution in [0.1, 0.15) is 21.6 Å². The van der Waals surface area contributed by atoms with Crippen molar-refractivity contribution in [2.24, 2.45) is 10.9 Å². The molecule has 0 saturated heterocycles. The van der Waals surface area contributed by atoms with Crippen LogP contribution in [0.25, 0.3) is 0 Å². The minimum atomic E-state index is -0.371. The molecule has 0 aliphatic carbocycles. The normalized spacial score (nSPS) is 11.8. The molecule has 4 nitrogen and oxygen atoms in total. The maximum absolute atomic E-state index is 13.9. The van der Waals surface area contributed by atoms with Crippen LogP contribution >= 0.6 is 11.3 Å². The minimum absolute atomic E-state index is 0.0994.